The van der Waals surface area contributed by atoms with Crippen molar-refractivity contribution in [3.05, 3.63) is 126 Å². The Bertz CT molecular complexity index is 1960. The molecule has 0 spiro atoms. The van der Waals surface area contributed by atoms with Gasteiger partial charge < -0.3 is 25.0 Å². The highest BCUT2D eigenvalue weighted by Crippen LogP contribution is 2.40. The van der Waals surface area contributed by atoms with Gasteiger partial charge in [-0.15, -0.1) is 0 Å². The van der Waals surface area contributed by atoms with Gasteiger partial charge in [-0.3, -0.25) is 4.79 Å². The molecule has 0 bridgehead atoms. The van der Waals surface area contributed by atoms with Crippen LogP contribution < -0.4 is 19.7 Å². The first kappa shape index (κ1) is 32.3. The molecule has 4 aromatic carbocycles. The lowest BCUT2D eigenvalue weighted by Gasteiger charge is -2.26. The van der Waals surface area contributed by atoms with Crippen molar-refractivity contribution in [2.75, 3.05) is 23.7 Å². The fourth-order valence-electron chi connectivity index (χ4n) is 6.24. The van der Waals surface area contributed by atoms with Crippen LogP contribution in [-0.2, 0) is 36.0 Å². The van der Waals surface area contributed by atoms with E-state index in [1.165, 1.54) is 4.31 Å². The molecule has 0 unspecified atom stereocenters. The maximum atomic E-state index is 14.1. The number of nitrogens with zero attached hydrogens (tertiary/aromatic N) is 2. The number of ether oxygens (including phenoxy) is 1. The fraction of sp³-hybridized carbons (Fsp3) is 0.270. The first-order chi connectivity index (χ1) is 22.8. The molecule has 1 aromatic heterocycles. The van der Waals surface area contributed by atoms with E-state index in [1.807, 2.05) is 84.4 Å². The molecule has 0 radical (unpaired) electrons. The van der Waals surface area contributed by atoms with E-state index in [4.69, 9.17) is 4.74 Å². The Labute approximate surface area is 275 Å². The van der Waals surface area contributed by atoms with Crippen LogP contribution in [0.25, 0.3) is 10.9 Å². The third-order valence-electron chi connectivity index (χ3n) is 8.65. The van der Waals surface area contributed by atoms with Gasteiger partial charge in [0.2, 0.25) is 10.0 Å². The van der Waals surface area contributed by atoms with Gasteiger partial charge >= 0.3 is 0 Å². The van der Waals surface area contributed by atoms with Crippen LogP contribution in [0.1, 0.15) is 34.0 Å². The Balaban J connectivity index is 1.33. The van der Waals surface area contributed by atoms with Crippen molar-refractivity contribution in [1.82, 2.24) is 15.2 Å². The van der Waals surface area contributed by atoms with Crippen molar-refractivity contribution in [1.29, 1.82) is 0 Å². The van der Waals surface area contributed by atoms with Crippen molar-refractivity contribution >= 4 is 38.2 Å². The Morgan fingerprint density at radius 3 is 2.40 bits per heavy atom. The average Bonchev–Trinajstić information content (AvgIpc) is 3.40. The molecule has 1 aliphatic heterocycles. The fourth-order valence-corrected chi connectivity index (χ4v) is 7.73. The summed E-state index contributed by atoms with van der Waals surface area (Å²) in [6, 6.07) is 29.3. The number of amides is 1. The summed E-state index contributed by atoms with van der Waals surface area (Å²) < 4.78 is 36.1. The van der Waals surface area contributed by atoms with E-state index in [9.17, 15) is 18.3 Å². The van der Waals surface area contributed by atoms with E-state index in [0.29, 0.717) is 36.4 Å². The number of methoxy groups -OCH3 is 1. The highest BCUT2D eigenvalue weighted by atomic mass is 32.2. The molecule has 0 saturated carbocycles. The highest BCUT2D eigenvalue weighted by molar-refractivity contribution is 7.93. The molecule has 1 amide bonds. The number of para-hydroxylation sites is 1. The summed E-state index contributed by atoms with van der Waals surface area (Å²) in [5, 5.41) is 18.7. The predicted octanol–water partition coefficient (Wildman–Crippen LogP) is 5.19. The zero-order valence-electron chi connectivity index (χ0n) is 26.6. The Kier molecular flexibility index (Phi) is 9.63. The lowest BCUT2D eigenvalue weighted by Crippen LogP contribution is -2.48. The predicted molar refractivity (Wildman–Crippen MR) is 186 cm³/mol. The second-order valence-electron chi connectivity index (χ2n) is 11.8. The number of sulfonamides is 1. The summed E-state index contributed by atoms with van der Waals surface area (Å²) in [5.74, 6) is 0.297. The van der Waals surface area contributed by atoms with Crippen LogP contribution in [-0.4, -0.2) is 55.6 Å². The topological polar surface area (TPSA) is 113 Å². The zero-order valence-corrected chi connectivity index (χ0v) is 27.4. The number of aliphatic hydroxyl groups is 1. The Morgan fingerprint density at radius 2 is 1.68 bits per heavy atom. The van der Waals surface area contributed by atoms with Gasteiger partial charge in [-0.1, -0.05) is 67.6 Å². The van der Waals surface area contributed by atoms with Gasteiger partial charge in [0.15, 0.2) is 0 Å². The standard InChI is InChI=1S/C37H40N4O5S/c1-3-28-25-40-17-18-47(44,45)41(30-14-8-5-9-15-30)34-22-29(21-32(28)36(34)40)37(43)39-33(20-26-11-6-4-7-12-26)35(42)24-38-23-27-13-10-16-31(19-27)46-2/h4-16,19,21-22,25,33,35,38,42H,3,17-18,20,23-24H2,1-2H3,(H,39,43)/t33-,35+/m0/s1. The van der Waals surface area contributed by atoms with Crippen molar-refractivity contribution < 1.29 is 23.1 Å². The second-order valence-corrected chi connectivity index (χ2v) is 13.8. The monoisotopic (exact) mass is 652 g/mol. The SMILES string of the molecule is CCc1cn2c3c(cc(C(=O)N[C@@H](Cc4ccccc4)[C@H](O)CNCc4cccc(OC)c4)cc13)N(c1ccccc1)S(=O)(=O)CC2. The Morgan fingerprint density at radius 1 is 0.957 bits per heavy atom. The molecule has 1 aliphatic rings. The molecule has 244 valence electrons. The van der Waals surface area contributed by atoms with Gasteiger partial charge in [0.25, 0.3) is 5.91 Å². The van der Waals surface area contributed by atoms with Crippen molar-refractivity contribution in [3.8, 4) is 5.75 Å². The van der Waals surface area contributed by atoms with Gasteiger partial charge in [-0.25, -0.2) is 12.7 Å². The van der Waals surface area contributed by atoms with Crippen molar-refractivity contribution in [2.24, 2.45) is 0 Å². The quantitative estimate of drug-likeness (QED) is 0.171. The maximum absolute atomic E-state index is 14.1. The van der Waals surface area contributed by atoms with E-state index >= 15 is 0 Å². The van der Waals surface area contributed by atoms with E-state index in [0.717, 1.165) is 39.8 Å². The second kappa shape index (κ2) is 14.0. The molecule has 0 saturated heterocycles. The van der Waals surface area contributed by atoms with Gasteiger partial charge in [-0.05, 0) is 65.9 Å². The number of nitrogens with one attached hydrogen (secondary N) is 2. The van der Waals surface area contributed by atoms with E-state index in [-0.39, 0.29) is 18.2 Å². The van der Waals surface area contributed by atoms with Crippen LogP contribution in [0.3, 0.4) is 0 Å². The number of aromatic nitrogens is 1. The summed E-state index contributed by atoms with van der Waals surface area (Å²) in [6.45, 7) is 3.12. The largest absolute Gasteiger partial charge is 0.497 e. The van der Waals surface area contributed by atoms with Crippen molar-refractivity contribution in [2.45, 2.75) is 45.0 Å². The highest BCUT2D eigenvalue weighted by Gasteiger charge is 2.32. The average molecular weight is 653 g/mol. The summed E-state index contributed by atoms with van der Waals surface area (Å²) in [7, 11) is -2.13. The molecule has 2 atom stereocenters. The first-order valence-electron chi connectivity index (χ1n) is 15.9. The third-order valence-corrected chi connectivity index (χ3v) is 10.3. The maximum Gasteiger partial charge on any atom is 0.251 e. The molecule has 0 aliphatic carbocycles. The molecule has 6 rings (SSSR count). The van der Waals surface area contributed by atoms with E-state index in [2.05, 4.69) is 10.6 Å². The smallest absolute Gasteiger partial charge is 0.251 e. The lowest BCUT2D eigenvalue weighted by molar-refractivity contribution is 0.0830. The van der Waals surface area contributed by atoms with E-state index < -0.39 is 22.2 Å². The van der Waals surface area contributed by atoms with Crippen molar-refractivity contribution in [3.63, 3.8) is 0 Å². The van der Waals surface area contributed by atoms with Gasteiger partial charge in [0.05, 0.1) is 41.9 Å². The normalized spacial score (nSPS) is 15.2. The number of benzene rings is 4. The molecule has 5 aromatic rings. The number of hydrogen-bond acceptors (Lipinski definition) is 6. The first-order valence-corrected chi connectivity index (χ1v) is 17.5. The molecule has 10 heteroatoms. The van der Waals surface area contributed by atoms with Crippen LogP contribution in [0, 0.1) is 0 Å². The lowest BCUT2D eigenvalue weighted by atomic mass is 9.99. The molecular weight excluding hydrogens is 612 g/mol. The van der Waals surface area contributed by atoms with Crippen LogP contribution >= 0.6 is 0 Å². The number of anilines is 2. The number of aliphatic hydroxyl groups excluding tert-OH is 1. The van der Waals surface area contributed by atoms with E-state index in [1.54, 1.807) is 37.4 Å². The van der Waals surface area contributed by atoms with Crippen LogP contribution in [0.5, 0.6) is 5.75 Å². The summed E-state index contributed by atoms with van der Waals surface area (Å²) in [4.78, 5) is 14.1. The summed E-state index contributed by atoms with van der Waals surface area (Å²) in [6.07, 6.45) is 2.21. The number of aryl methyl sites for hydroxylation is 2. The zero-order chi connectivity index (χ0) is 33.0. The number of carbonyl (C=O) groups is 1. The third kappa shape index (κ3) is 7.05. The molecule has 3 N–H and O–H groups in total. The van der Waals surface area contributed by atoms with Crippen LogP contribution in [0.4, 0.5) is 11.4 Å². The van der Waals surface area contributed by atoms with Gasteiger partial charge in [0, 0.05) is 36.8 Å². The molecular formula is C37H40N4O5S. The van der Waals surface area contributed by atoms with Gasteiger partial charge in [0.1, 0.15) is 5.75 Å². The van der Waals surface area contributed by atoms with Crippen LogP contribution in [0.15, 0.2) is 103 Å². The minimum absolute atomic E-state index is 0.0703. The molecule has 47 heavy (non-hydrogen) atoms. The number of carbonyl (C=O) groups excluding carboxylic acids is 1. The molecule has 2 heterocycles. The van der Waals surface area contributed by atoms with Gasteiger partial charge in [-0.2, -0.15) is 0 Å². The Hall–Kier alpha value is -4.64. The molecule has 0 fully saturated rings. The summed E-state index contributed by atoms with van der Waals surface area (Å²) in [5.41, 5.74) is 5.08. The number of rotatable bonds is 12. The minimum atomic E-state index is -3.75. The molecule has 9 nitrogen and oxygen atoms in total. The summed E-state index contributed by atoms with van der Waals surface area (Å²) >= 11 is 0. The van der Waals surface area contributed by atoms with Crippen LogP contribution in [0.2, 0.25) is 0 Å². The number of hydrogen-bond donors (Lipinski definition) is 3. The minimum Gasteiger partial charge on any atom is -0.497 e.